The lowest BCUT2D eigenvalue weighted by Gasteiger charge is -2.14. The largest absolute Gasteiger partial charge is 0.374 e. The highest BCUT2D eigenvalue weighted by atomic mass is 35.5. The molecule has 0 saturated heterocycles. The number of allylic oxidation sites excluding steroid dienone is 3. The molecule has 1 rings (SSSR count). The molecule has 0 saturated carbocycles. The highest BCUT2D eigenvalue weighted by molar-refractivity contribution is 6.31. The van der Waals surface area contributed by atoms with Crippen LogP contribution in [0.4, 0.5) is 14.5 Å². The Morgan fingerprint density at radius 1 is 1.53 bits per heavy atom. The van der Waals surface area contributed by atoms with Crippen LogP contribution in [0.25, 0.3) is 0 Å². The molecule has 1 atom stereocenters. The molecule has 0 heterocycles. The van der Waals surface area contributed by atoms with Gasteiger partial charge in [-0.1, -0.05) is 17.7 Å². The fourth-order valence-corrected chi connectivity index (χ4v) is 1.72. The molecule has 0 aliphatic rings. The molecule has 0 aromatic heterocycles. The molecule has 5 heteroatoms. The molecule has 19 heavy (non-hydrogen) atoms. The van der Waals surface area contributed by atoms with Crippen molar-refractivity contribution in [1.29, 1.82) is 5.26 Å². The van der Waals surface area contributed by atoms with Crippen LogP contribution in [0.15, 0.2) is 41.2 Å². The molecule has 100 valence electrons. The third-order valence-electron chi connectivity index (χ3n) is 2.39. The summed E-state index contributed by atoms with van der Waals surface area (Å²) in [4.78, 5) is 0. The highest BCUT2D eigenvalue weighted by Gasteiger charge is 2.13. The van der Waals surface area contributed by atoms with Crippen LogP contribution >= 0.6 is 11.6 Å². The summed E-state index contributed by atoms with van der Waals surface area (Å²) >= 11 is 5.72. The van der Waals surface area contributed by atoms with E-state index in [1.54, 1.807) is 13.0 Å². The molecule has 2 nitrogen and oxygen atoms in total. The Balaban J connectivity index is 2.92. The van der Waals surface area contributed by atoms with Crippen LogP contribution < -0.4 is 5.32 Å². The summed E-state index contributed by atoms with van der Waals surface area (Å²) in [7, 11) is 0. The summed E-state index contributed by atoms with van der Waals surface area (Å²) < 4.78 is 27.4. The lowest BCUT2D eigenvalue weighted by atomic mass is 10.2. The van der Waals surface area contributed by atoms with Gasteiger partial charge in [-0.2, -0.15) is 5.26 Å². The van der Waals surface area contributed by atoms with Crippen molar-refractivity contribution >= 4 is 17.3 Å². The van der Waals surface area contributed by atoms with Crippen LogP contribution in [0.2, 0.25) is 0 Å². The SMILES string of the molecule is C/C=C\C(Cl)=C(\F)C(C)Nc1ccc(C#N)cc1F. The second kappa shape index (κ2) is 6.91. The van der Waals surface area contributed by atoms with Gasteiger partial charge in [0.2, 0.25) is 0 Å². The predicted molar refractivity (Wildman–Crippen MR) is 73.0 cm³/mol. The zero-order valence-corrected chi connectivity index (χ0v) is 11.3. The molecule has 0 radical (unpaired) electrons. The fourth-order valence-electron chi connectivity index (χ4n) is 1.43. The molecular weight excluding hydrogens is 270 g/mol. The Hall–Kier alpha value is -1.86. The fraction of sp³-hybridized carbons (Fsp3) is 0.214. The van der Waals surface area contributed by atoms with E-state index in [2.05, 4.69) is 5.32 Å². The second-order valence-electron chi connectivity index (χ2n) is 3.87. The Labute approximate surface area is 116 Å². The smallest absolute Gasteiger partial charge is 0.147 e. The minimum Gasteiger partial charge on any atom is -0.374 e. The summed E-state index contributed by atoms with van der Waals surface area (Å²) in [5.74, 6) is -1.19. The van der Waals surface area contributed by atoms with Crippen LogP contribution in [0.1, 0.15) is 19.4 Å². The molecule has 0 aliphatic heterocycles. The van der Waals surface area contributed by atoms with Crippen molar-refractivity contribution in [2.24, 2.45) is 0 Å². The summed E-state index contributed by atoms with van der Waals surface area (Å²) in [5.41, 5.74) is 0.324. The van der Waals surface area contributed by atoms with Gasteiger partial charge >= 0.3 is 0 Å². The van der Waals surface area contributed by atoms with E-state index < -0.39 is 17.7 Å². The van der Waals surface area contributed by atoms with Crippen molar-refractivity contribution in [3.8, 4) is 6.07 Å². The number of rotatable bonds is 4. The first-order valence-electron chi connectivity index (χ1n) is 5.63. The quantitative estimate of drug-likeness (QED) is 0.826. The molecular formula is C14H13ClF2N2. The van der Waals surface area contributed by atoms with Gasteiger partial charge in [0.25, 0.3) is 0 Å². The van der Waals surface area contributed by atoms with E-state index >= 15 is 0 Å². The van der Waals surface area contributed by atoms with Crippen molar-refractivity contribution in [3.63, 3.8) is 0 Å². The minimum absolute atomic E-state index is 0.0310. The Morgan fingerprint density at radius 3 is 2.74 bits per heavy atom. The summed E-state index contributed by atoms with van der Waals surface area (Å²) in [6.45, 7) is 3.24. The van der Waals surface area contributed by atoms with Crippen LogP contribution in [0, 0.1) is 17.1 Å². The highest BCUT2D eigenvalue weighted by Crippen LogP contribution is 2.22. The van der Waals surface area contributed by atoms with Crippen molar-refractivity contribution in [2.45, 2.75) is 19.9 Å². The van der Waals surface area contributed by atoms with E-state index in [1.165, 1.54) is 25.1 Å². The average Bonchev–Trinajstić information content (AvgIpc) is 2.40. The summed E-state index contributed by atoms with van der Waals surface area (Å²) in [6, 6.07) is 4.98. The van der Waals surface area contributed by atoms with Gasteiger partial charge < -0.3 is 5.32 Å². The zero-order valence-electron chi connectivity index (χ0n) is 10.5. The van der Waals surface area contributed by atoms with Gasteiger partial charge in [0.1, 0.15) is 11.6 Å². The third-order valence-corrected chi connectivity index (χ3v) is 2.70. The Bertz CT molecular complexity index is 559. The molecule has 0 bridgehead atoms. The van der Waals surface area contributed by atoms with E-state index in [0.717, 1.165) is 6.07 Å². The number of benzene rings is 1. The number of anilines is 1. The number of nitrogens with one attached hydrogen (secondary N) is 1. The normalized spacial score (nSPS) is 13.9. The lowest BCUT2D eigenvalue weighted by molar-refractivity contribution is 0.569. The predicted octanol–water partition coefficient (Wildman–Crippen LogP) is 4.49. The second-order valence-corrected chi connectivity index (χ2v) is 4.28. The van der Waals surface area contributed by atoms with Gasteiger partial charge in [0, 0.05) is 0 Å². The number of nitrogens with zero attached hydrogens (tertiary/aromatic N) is 1. The van der Waals surface area contributed by atoms with Crippen LogP contribution in [0.5, 0.6) is 0 Å². The number of hydrogen-bond acceptors (Lipinski definition) is 2. The van der Waals surface area contributed by atoms with Gasteiger partial charge in [0.05, 0.1) is 28.4 Å². The maximum Gasteiger partial charge on any atom is 0.147 e. The number of hydrogen-bond donors (Lipinski definition) is 1. The molecule has 0 amide bonds. The molecule has 1 aromatic carbocycles. The van der Waals surface area contributed by atoms with E-state index in [9.17, 15) is 8.78 Å². The van der Waals surface area contributed by atoms with Gasteiger partial charge in [0.15, 0.2) is 0 Å². The maximum atomic E-state index is 13.8. The van der Waals surface area contributed by atoms with Gasteiger partial charge in [-0.05, 0) is 38.1 Å². The molecule has 0 aliphatic carbocycles. The molecule has 1 unspecified atom stereocenters. The number of nitriles is 1. The van der Waals surface area contributed by atoms with Gasteiger partial charge in [-0.15, -0.1) is 0 Å². The van der Waals surface area contributed by atoms with Crippen LogP contribution in [0.3, 0.4) is 0 Å². The number of halogens is 3. The van der Waals surface area contributed by atoms with Crippen molar-refractivity contribution < 1.29 is 8.78 Å². The van der Waals surface area contributed by atoms with Crippen molar-refractivity contribution in [3.05, 3.63) is 52.6 Å². The molecule has 1 aromatic rings. The van der Waals surface area contributed by atoms with Crippen LogP contribution in [-0.4, -0.2) is 6.04 Å². The van der Waals surface area contributed by atoms with Crippen molar-refractivity contribution in [2.75, 3.05) is 5.32 Å². The zero-order chi connectivity index (χ0) is 14.4. The van der Waals surface area contributed by atoms with E-state index in [1.807, 2.05) is 6.07 Å². The monoisotopic (exact) mass is 282 g/mol. The first-order valence-corrected chi connectivity index (χ1v) is 6.01. The Kier molecular flexibility index (Phi) is 5.53. The molecule has 0 fully saturated rings. The first-order chi connectivity index (χ1) is 8.99. The molecule has 1 N–H and O–H groups in total. The summed E-state index contributed by atoms with van der Waals surface area (Å²) in [6.07, 6.45) is 3.03. The minimum atomic E-state index is -0.772. The standard InChI is InChI=1S/C14H13ClF2N2/c1-3-4-11(15)14(17)9(2)19-13-6-5-10(8-18)7-12(13)16/h3-7,9,19H,1-2H3/b4-3-,14-11-. The summed E-state index contributed by atoms with van der Waals surface area (Å²) in [5, 5.41) is 11.3. The first kappa shape index (κ1) is 15.2. The van der Waals surface area contributed by atoms with E-state index in [4.69, 9.17) is 16.9 Å². The van der Waals surface area contributed by atoms with Gasteiger partial charge in [-0.25, -0.2) is 8.78 Å². The van der Waals surface area contributed by atoms with E-state index in [0.29, 0.717) is 0 Å². The van der Waals surface area contributed by atoms with Gasteiger partial charge in [-0.3, -0.25) is 0 Å². The van der Waals surface area contributed by atoms with E-state index in [-0.39, 0.29) is 16.3 Å². The maximum absolute atomic E-state index is 13.8. The van der Waals surface area contributed by atoms with Crippen molar-refractivity contribution in [1.82, 2.24) is 0 Å². The van der Waals surface area contributed by atoms with Crippen LogP contribution in [-0.2, 0) is 0 Å². The third kappa shape index (κ3) is 4.08. The molecule has 0 spiro atoms. The topological polar surface area (TPSA) is 35.8 Å². The Morgan fingerprint density at radius 2 is 2.21 bits per heavy atom. The average molecular weight is 283 g/mol. The lowest BCUT2D eigenvalue weighted by Crippen LogP contribution is -2.17.